The minimum absolute atomic E-state index is 0.265. The lowest BCUT2D eigenvalue weighted by Crippen LogP contribution is -2.28. The Kier molecular flexibility index (Phi) is 6.12. The number of nitrogens with one attached hydrogen (secondary N) is 2. The van der Waals surface area contributed by atoms with Crippen LogP contribution in [-0.4, -0.2) is 36.1 Å². The standard InChI is InChI=1S/C21H22N4O2/c1-15-8-10-17(11-9-15)23-19-14-18(21(26)22-12-13-27-2)24-20(25-19)16-6-4-3-5-7-16/h3-11,14H,12-13H2,1-2H3,(H,22,26)(H,23,24,25). The zero-order valence-corrected chi connectivity index (χ0v) is 15.4. The molecule has 0 fully saturated rings. The third kappa shape index (κ3) is 5.12. The van der Waals surface area contributed by atoms with E-state index in [-0.39, 0.29) is 5.91 Å². The van der Waals surface area contributed by atoms with E-state index in [9.17, 15) is 4.79 Å². The van der Waals surface area contributed by atoms with E-state index < -0.39 is 0 Å². The first-order chi connectivity index (χ1) is 13.2. The van der Waals surface area contributed by atoms with E-state index >= 15 is 0 Å². The number of benzene rings is 2. The van der Waals surface area contributed by atoms with E-state index in [1.807, 2.05) is 61.5 Å². The van der Waals surface area contributed by atoms with Gasteiger partial charge in [0.2, 0.25) is 0 Å². The number of aromatic nitrogens is 2. The van der Waals surface area contributed by atoms with Crippen molar-refractivity contribution in [1.29, 1.82) is 0 Å². The van der Waals surface area contributed by atoms with E-state index in [0.29, 0.717) is 30.5 Å². The molecule has 6 nitrogen and oxygen atoms in total. The molecule has 3 aromatic rings. The van der Waals surface area contributed by atoms with Crippen LogP contribution in [0, 0.1) is 6.92 Å². The molecule has 2 N–H and O–H groups in total. The van der Waals surface area contributed by atoms with Gasteiger partial charge in [-0.2, -0.15) is 0 Å². The summed E-state index contributed by atoms with van der Waals surface area (Å²) in [4.78, 5) is 21.5. The summed E-state index contributed by atoms with van der Waals surface area (Å²) in [5, 5.41) is 6.04. The largest absolute Gasteiger partial charge is 0.383 e. The molecule has 0 spiro atoms. The molecular formula is C21H22N4O2. The molecule has 0 aliphatic rings. The van der Waals surface area contributed by atoms with Crippen molar-refractivity contribution in [1.82, 2.24) is 15.3 Å². The summed E-state index contributed by atoms with van der Waals surface area (Å²) in [6.07, 6.45) is 0. The van der Waals surface area contributed by atoms with Gasteiger partial charge in [0.15, 0.2) is 5.82 Å². The predicted molar refractivity (Wildman–Crippen MR) is 106 cm³/mol. The fourth-order valence-electron chi connectivity index (χ4n) is 2.49. The van der Waals surface area contributed by atoms with Crippen molar-refractivity contribution >= 4 is 17.4 Å². The van der Waals surface area contributed by atoms with Crippen LogP contribution in [0.2, 0.25) is 0 Å². The maximum atomic E-state index is 12.5. The van der Waals surface area contributed by atoms with Gasteiger partial charge in [-0.1, -0.05) is 48.0 Å². The normalized spacial score (nSPS) is 10.4. The summed E-state index contributed by atoms with van der Waals surface area (Å²) in [6.45, 7) is 2.89. The number of carbonyl (C=O) groups is 1. The summed E-state index contributed by atoms with van der Waals surface area (Å²) in [6, 6.07) is 19.2. The van der Waals surface area contributed by atoms with E-state index in [4.69, 9.17) is 4.74 Å². The van der Waals surface area contributed by atoms with Crippen molar-refractivity contribution < 1.29 is 9.53 Å². The van der Waals surface area contributed by atoms with Crippen molar-refractivity contribution in [2.75, 3.05) is 25.6 Å². The predicted octanol–water partition coefficient (Wildman–Crippen LogP) is 3.57. The lowest BCUT2D eigenvalue weighted by molar-refractivity contribution is 0.0932. The second-order valence-corrected chi connectivity index (χ2v) is 6.07. The Morgan fingerprint density at radius 1 is 1.04 bits per heavy atom. The lowest BCUT2D eigenvalue weighted by Gasteiger charge is -2.11. The molecule has 6 heteroatoms. The molecule has 138 valence electrons. The molecule has 2 aromatic carbocycles. The molecule has 1 heterocycles. The third-order valence-electron chi connectivity index (χ3n) is 3.91. The van der Waals surface area contributed by atoms with Gasteiger partial charge in [0.05, 0.1) is 6.61 Å². The Balaban J connectivity index is 1.92. The average molecular weight is 362 g/mol. The molecule has 3 rings (SSSR count). The zero-order valence-electron chi connectivity index (χ0n) is 15.4. The first-order valence-electron chi connectivity index (χ1n) is 8.71. The molecule has 0 radical (unpaired) electrons. The zero-order chi connectivity index (χ0) is 19.1. The fraction of sp³-hybridized carbons (Fsp3) is 0.190. The average Bonchev–Trinajstić information content (AvgIpc) is 2.70. The third-order valence-corrected chi connectivity index (χ3v) is 3.91. The van der Waals surface area contributed by atoms with Gasteiger partial charge in [-0.25, -0.2) is 9.97 Å². The minimum Gasteiger partial charge on any atom is -0.383 e. The second-order valence-electron chi connectivity index (χ2n) is 6.07. The van der Waals surface area contributed by atoms with E-state index in [2.05, 4.69) is 20.6 Å². The molecule has 0 saturated carbocycles. The highest BCUT2D eigenvalue weighted by Gasteiger charge is 2.13. The van der Waals surface area contributed by atoms with Crippen LogP contribution in [0.25, 0.3) is 11.4 Å². The summed E-state index contributed by atoms with van der Waals surface area (Å²) < 4.78 is 4.97. The highest BCUT2D eigenvalue weighted by molar-refractivity contribution is 5.93. The molecule has 27 heavy (non-hydrogen) atoms. The quantitative estimate of drug-likeness (QED) is 0.629. The molecule has 1 aromatic heterocycles. The molecule has 0 aliphatic carbocycles. The molecule has 0 unspecified atom stereocenters. The van der Waals surface area contributed by atoms with Crippen molar-refractivity contribution in [3.05, 3.63) is 71.9 Å². The van der Waals surface area contributed by atoms with Crippen LogP contribution in [0.1, 0.15) is 16.1 Å². The van der Waals surface area contributed by atoms with E-state index in [1.165, 1.54) is 5.56 Å². The SMILES string of the molecule is COCCNC(=O)c1cc(Nc2ccc(C)cc2)nc(-c2ccccc2)n1. The van der Waals surface area contributed by atoms with Crippen molar-refractivity contribution in [3.8, 4) is 11.4 Å². The second kappa shape index (κ2) is 8.91. The number of aryl methyl sites for hydroxylation is 1. The van der Waals surface area contributed by atoms with Gasteiger partial charge in [-0.3, -0.25) is 4.79 Å². The number of methoxy groups -OCH3 is 1. The lowest BCUT2D eigenvalue weighted by atomic mass is 10.2. The molecule has 0 saturated heterocycles. The highest BCUT2D eigenvalue weighted by atomic mass is 16.5. The Bertz CT molecular complexity index is 896. The number of amides is 1. The van der Waals surface area contributed by atoms with Crippen LogP contribution in [0.15, 0.2) is 60.7 Å². The molecule has 1 amide bonds. The maximum absolute atomic E-state index is 12.5. The molecular weight excluding hydrogens is 340 g/mol. The molecule has 0 bridgehead atoms. The number of ether oxygens (including phenoxy) is 1. The molecule has 0 atom stereocenters. The van der Waals surface area contributed by atoms with E-state index in [0.717, 1.165) is 11.3 Å². The van der Waals surface area contributed by atoms with Gasteiger partial charge >= 0.3 is 0 Å². The summed E-state index contributed by atoms with van der Waals surface area (Å²) >= 11 is 0. The fourth-order valence-corrected chi connectivity index (χ4v) is 2.49. The van der Waals surface area contributed by atoms with Crippen LogP contribution in [0.5, 0.6) is 0 Å². The van der Waals surface area contributed by atoms with Gasteiger partial charge in [0.25, 0.3) is 5.91 Å². The Labute approximate surface area is 158 Å². The van der Waals surface area contributed by atoms with Crippen LogP contribution in [-0.2, 0) is 4.74 Å². The van der Waals surface area contributed by atoms with Crippen molar-refractivity contribution in [2.24, 2.45) is 0 Å². The van der Waals surface area contributed by atoms with Gasteiger partial charge in [0, 0.05) is 31.0 Å². The number of anilines is 2. The maximum Gasteiger partial charge on any atom is 0.270 e. The topological polar surface area (TPSA) is 76.1 Å². The van der Waals surface area contributed by atoms with Gasteiger partial charge < -0.3 is 15.4 Å². The Morgan fingerprint density at radius 3 is 2.48 bits per heavy atom. The van der Waals surface area contributed by atoms with Gasteiger partial charge in [-0.15, -0.1) is 0 Å². The number of nitrogens with zero attached hydrogens (tertiary/aromatic N) is 2. The minimum atomic E-state index is -0.265. The van der Waals surface area contributed by atoms with Crippen molar-refractivity contribution in [2.45, 2.75) is 6.92 Å². The summed E-state index contributed by atoms with van der Waals surface area (Å²) in [7, 11) is 1.59. The smallest absolute Gasteiger partial charge is 0.270 e. The van der Waals surface area contributed by atoms with Crippen LogP contribution in [0.4, 0.5) is 11.5 Å². The van der Waals surface area contributed by atoms with Crippen LogP contribution < -0.4 is 10.6 Å². The monoisotopic (exact) mass is 362 g/mol. The first kappa shape index (κ1) is 18.5. The summed E-state index contributed by atoms with van der Waals surface area (Å²) in [5.41, 5.74) is 3.21. The highest BCUT2D eigenvalue weighted by Crippen LogP contribution is 2.21. The Morgan fingerprint density at radius 2 is 1.78 bits per heavy atom. The van der Waals surface area contributed by atoms with Gasteiger partial charge in [0.1, 0.15) is 11.5 Å². The number of hydrogen-bond donors (Lipinski definition) is 2. The summed E-state index contributed by atoms with van der Waals surface area (Å²) in [5.74, 6) is 0.785. The van der Waals surface area contributed by atoms with Crippen LogP contribution in [0.3, 0.4) is 0 Å². The number of rotatable bonds is 7. The van der Waals surface area contributed by atoms with Crippen molar-refractivity contribution in [3.63, 3.8) is 0 Å². The number of carbonyl (C=O) groups excluding carboxylic acids is 1. The number of hydrogen-bond acceptors (Lipinski definition) is 5. The first-order valence-corrected chi connectivity index (χ1v) is 8.71. The molecule has 0 aliphatic heterocycles. The van der Waals surface area contributed by atoms with Crippen LogP contribution >= 0.6 is 0 Å². The van der Waals surface area contributed by atoms with E-state index in [1.54, 1.807) is 13.2 Å². The Hall–Kier alpha value is -3.25. The van der Waals surface area contributed by atoms with Gasteiger partial charge in [-0.05, 0) is 19.1 Å².